The summed E-state index contributed by atoms with van der Waals surface area (Å²) < 4.78 is 51.4. The third-order valence-electron chi connectivity index (χ3n) is 3.15. The highest BCUT2D eigenvalue weighted by atomic mass is 32.2. The summed E-state index contributed by atoms with van der Waals surface area (Å²) in [5.41, 5.74) is 0.127. The minimum atomic E-state index is -3.58. The summed E-state index contributed by atoms with van der Waals surface area (Å²) in [6.45, 7) is 0.815. The molecule has 0 N–H and O–H groups in total. The maximum Gasteiger partial charge on any atom is 0.227 e. The van der Waals surface area contributed by atoms with Crippen molar-refractivity contribution in [2.24, 2.45) is 0 Å². The molecule has 0 atom stereocenters. The Morgan fingerprint density at radius 2 is 1.85 bits per heavy atom. The number of nitrogens with zero attached hydrogens (tertiary/aromatic N) is 3. The molecule has 5 nitrogen and oxygen atoms in total. The van der Waals surface area contributed by atoms with E-state index < -0.39 is 27.4 Å². The molecule has 0 aromatic heterocycles. The second-order valence-corrected chi connectivity index (χ2v) is 6.34. The van der Waals surface area contributed by atoms with Crippen LogP contribution in [0.3, 0.4) is 0 Å². The lowest BCUT2D eigenvalue weighted by Crippen LogP contribution is -2.49. The Morgan fingerprint density at radius 1 is 1.20 bits per heavy atom. The molecule has 108 valence electrons. The zero-order valence-electron chi connectivity index (χ0n) is 10.6. The summed E-state index contributed by atoms with van der Waals surface area (Å²) in [7, 11) is -3.58. The minimum absolute atomic E-state index is 0.127. The van der Waals surface area contributed by atoms with Gasteiger partial charge in [0.25, 0.3) is 0 Å². The van der Waals surface area contributed by atoms with Gasteiger partial charge in [-0.15, -0.1) is 0 Å². The molecule has 1 aliphatic rings. The normalized spacial score (nSPS) is 16.9. The van der Waals surface area contributed by atoms with Crippen molar-refractivity contribution in [3.05, 3.63) is 29.8 Å². The van der Waals surface area contributed by atoms with Gasteiger partial charge in [0.05, 0.1) is 11.8 Å². The monoisotopic (exact) mass is 301 g/mol. The van der Waals surface area contributed by atoms with Crippen molar-refractivity contribution in [3.63, 3.8) is 0 Å². The number of nitriles is 1. The smallest absolute Gasteiger partial charge is 0.227 e. The van der Waals surface area contributed by atoms with E-state index in [0.29, 0.717) is 0 Å². The maximum atomic E-state index is 13.6. The number of halogens is 2. The first-order valence-corrected chi connectivity index (χ1v) is 7.60. The third kappa shape index (κ3) is 2.89. The average Bonchev–Trinajstić information content (AvgIpc) is 2.42. The van der Waals surface area contributed by atoms with E-state index in [1.165, 1.54) is 16.4 Å². The van der Waals surface area contributed by atoms with Gasteiger partial charge in [-0.1, -0.05) is 6.07 Å². The molecular weight excluding hydrogens is 288 g/mol. The Hall–Kier alpha value is -1.72. The highest BCUT2D eigenvalue weighted by molar-refractivity contribution is 7.89. The molecule has 1 aliphatic heterocycles. The fourth-order valence-corrected chi connectivity index (χ4v) is 3.18. The number of anilines is 1. The molecule has 0 radical (unpaired) electrons. The van der Waals surface area contributed by atoms with Gasteiger partial charge >= 0.3 is 0 Å². The third-order valence-corrected chi connectivity index (χ3v) is 4.80. The van der Waals surface area contributed by atoms with Crippen LogP contribution in [0, 0.1) is 23.0 Å². The van der Waals surface area contributed by atoms with E-state index in [-0.39, 0.29) is 31.9 Å². The molecular formula is C12H13F2N3O2S. The first kappa shape index (κ1) is 14.7. The van der Waals surface area contributed by atoms with Crippen LogP contribution in [0.1, 0.15) is 0 Å². The van der Waals surface area contributed by atoms with Crippen molar-refractivity contribution in [3.8, 4) is 6.07 Å². The van der Waals surface area contributed by atoms with Gasteiger partial charge in [-0.3, -0.25) is 0 Å². The van der Waals surface area contributed by atoms with Crippen molar-refractivity contribution >= 4 is 15.7 Å². The topological polar surface area (TPSA) is 64.4 Å². The quantitative estimate of drug-likeness (QED) is 0.833. The lowest BCUT2D eigenvalue weighted by molar-refractivity contribution is 0.383. The van der Waals surface area contributed by atoms with Crippen molar-refractivity contribution in [2.45, 2.75) is 0 Å². The van der Waals surface area contributed by atoms with Gasteiger partial charge in [0.1, 0.15) is 0 Å². The Morgan fingerprint density at radius 3 is 2.45 bits per heavy atom. The summed E-state index contributed by atoms with van der Waals surface area (Å²) in [6, 6.07) is 5.51. The van der Waals surface area contributed by atoms with Gasteiger partial charge in [-0.05, 0) is 12.1 Å². The molecule has 0 spiro atoms. The molecule has 1 aromatic rings. The van der Waals surface area contributed by atoms with E-state index in [2.05, 4.69) is 0 Å². The number of rotatable bonds is 3. The zero-order chi connectivity index (χ0) is 14.8. The Balaban J connectivity index is 2.09. The predicted octanol–water partition coefficient (Wildman–Crippen LogP) is 0.940. The standard InChI is InChI=1S/C12H13F2N3O2S/c13-10-2-1-3-11(12(10)14)16-5-7-17(8-6-16)20(18,19)9-4-15/h1-3H,5-9H2. The molecule has 0 saturated carbocycles. The average molecular weight is 301 g/mol. The van der Waals surface area contributed by atoms with Gasteiger partial charge in [0.15, 0.2) is 17.4 Å². The summed E-state index contributed by atoms with van der Waals surface area (Å²) in [6.07, 6.45) is 0. The molecule has 1 aromatic carbocycles. The predicted molar refractivity (Wildman–Crippen MR) is 69.5 cm³/mol. The van der Waals surface area contributed by atoms with Crippen molar-refractivity contribution in [2.75, 3.05) is 36.8 Å². The molecule has 1 fully saturated rings. The van der Waals surface area contributed by atoms with Gasteiger partial charge in [0, 0.05) is 26.2 Å². The van der Waals surface area contributed by atoms with Crippen LogP contribution in [0.15, 0.2) is 18.2 Å². The van der Waals surface area contributed by atoms with Gasteiger partial charge < -0.3 is 4.90 Å². The lowest BCUT2D eigenvalue weighted by Gasteiger charge is -2.35. The van der Waals surface area contributed by atoms with E-state index in [4.69, 9.17) is 5.26 Å². The van der Waals surface area contributed by atoms with Gasteiger partial charge in [-0.2, -0.15) is 9.57 Å². The number of piperazine rings is 1. The van der Waals surface area contributed by atoms with E-state index in [1.54, 1.807) is 11.0 Å². The summed E-state index contributed by atoms with van der Waals surface area (Å²) in [4.78, 5) is 1.59. The van der Waals surface area contributed by atoms with Crippen LogP contribution < -0.4 is 4.90 Å². The van der Waals surface area contributed by atoms with E-state index >= 15 is 0 Å². The van der Waals surface area contributed by atoms with E-state index in [9.17, 15) is 17.2 Å². The van der Waals surface area contributed by atoms with Crippen LogP contribution in [0.2, 0.25) is 0 Å². The summed E-state index contributed by atoms with van der Waals surface area (Å²) in [5.74, 6) is -2.43. The van der Waals surface area contributed by atoms with Crippen LogP contribution in [0.5, 0.6) is 0 Å². The minimum Gasteiger partial charge on any atom is -0.366 e. The fraction of sp³-hybridized carbons (Fsp3) is 0.417. The van der Waals surface area contributed by atoms with Crippen LogP contribution in [-0.4, -0.2) is 44.7 Å². The second kappa shape index (κ2) is 5.73. The molecule has 2 rings (SSSR count). The number of hydrogen-bond acceptors (Lipinski definition) is 4. The largest absolute Gasteiger partial charge is 0.366 e. The number of benzene rings is 1. The molecule has 0 aliphatic carbocycles. The molecule has 8 heteroatoms. The van der Waals surface area contributed by atoms with Gasteiger partial charge in [0.2, 0.25) is 10.0 Å². The maximum absolute atomic E-state index is 13.6. The highest BCUT2D eigenvalue weighted by Gasteiger charge is 2.27. The van der Waals surface area contributed by atoms with Crippen molar-refractivity contribution < 1.29 is 17.2 Å². The molecule has 0 bridgehead atoms. The lowest BCUT2D eigenvalue weighted by atomic mass is 10.2. The number of hydrogen-bond donors (Lipinski definition) is 0. The van der Waals surface area contributed by atoms with Crippen molar-refractivity contribution in [1.82, 2.24) is 4.31 Å². The molecule has 0 unspecified atom stereocenters. The first-order valence-electron chi connectivity index (χ1n) is 5.99. The van der Waals surface area contributed by atoms with Crippen LogP contribution in [-0.2, 0) is 10.0 Å². The van der Waals surface area contributed by atoms with Crippen molar-refractivity contribution in [1.29, 1.82) is 5.26 Å². The Bertz CT molecular complexity index is 635. The fourth-order valence-electron chi connectivity index (χ4n) is 2.12. The second-order valence-electron chi connectivity index (χ2n) is 4.37. The zero-order valence-corrected chi connectivity index (χ0v) is 11.4. The van der Waals surface area contributed by atoms with E-state index in [1.807, 2.05) is 0 Å². The molecule has 20 heavy (non-hydrogen) atoms. The number of sulfonamides is 1. The summed E-state index contributed by atoms with van der Waals surface area (Å²) in [5, 5.41) is 8.47. The SMILES string of the molecule is N#CCS(=O)(=O)N1CCN(c2cccc(F)c2F)CC1. The van der Waals surface area contributed by atoms with Gasteiger partial charge in [-0.25, -0.2) is 17.2 Å². The molecule has 1 saturated heterocycles. The Labute approximate surface area is 116 Å². The van der Waals surface area contributed by atoms with Crippen LogP contribution in [0.4, 0.5) is 14.5 Å². The van der Waals surface area contributed by atoms with Crippen LogP contribution >= 0.6 is 0 Å². The summed E-state index contributed by atoms with van der Waals surface area (Å²) >= 11 is 0. The molecule has 1 heterocycles. The highest BCUT2D eigenvalue weighted by Crippen LogP contribution is 2.23. The first-order chi connectivity index (χ1) is 9.45. The van der Waals surface area contributed by atoms with E-state index in [0.717, 1.165) is 6.07 Å². The van der Waals surface area contributed by atoms with Crippen LogP contribution in [0.25, 0.3) is 0 Å². The Kier molecular flexibility index (Phi) is 4.20. The molecule has 0 amide bonds.